The summed E-state index contributed by atoms with van der Waals surface area (Å²) < 4.78 is 5.69. The molecule has 24 heavy (non-hydrogen) atoms. The predicted octanol–water partition coefficient (Wildman–Crippen LogP) is 2.68. The molecule has 2 N–H and O–H groups in total. The van der Waals surface area contributed by atoms with E-state index in [4.69, 9.17) is 16.3 Å². The van der Waals surface area contributed by atoms with Crippen molar-refractivity contribution >= 4 is 23.5 Å². The summed E-state index contributed by atoms with van der Waals surface area (Å²) in [6.07, 6.45) is 6.48. The minimum Gasteiger partial charge on any atom is -0.493 e. The van der Waals surface area contributed by atoms with E-state index in [0.717, 1.165) is 12.0 Å². The standard InChI is InChI=1S/C18H16ClNO4/c19-13-2-1-6-18(9-20-16(21)15(13)18)12-5-7-24-14-8-10(17(22)23)3-4-11(12)14/h1-4,6,8,12,15H,5,7,9H2,(H,20,21)(H,22,23)/t12-,15?,18?/m1/s1. The molecule has 0 saturated carbocycles. The number of carbonyl (C=O) groups is 2. The van der Waals surface area contributed by atoms with Crippen LogP contribution in [0.5, 0.6) is 5.75 Å². The summed E-state index contributed by atoms with van der Waals surface area (Å²) in [6, 6.07) is 4.95. The van der Waals surface area contributed by atoms with E-state index >= 15 is 0 Å². The molecule has 1 aromatic carbocycles. The summed E-state index contributed by atoms with van der Waals surface area (Å²) in [7, 11) is 0. The molecule has 1 fully saturated rings. The third-order valence-electron chi connectivity index (χ3n) is 5.25. The van der Waals surface area contributed by atoms with Crippen molar-refractivity contribution in [1.29, 1.82) is 0 Å². The van der Waals surface area contributed by atoms with Crippen LogP contribution in [0, 0.1) is 11.3 Å². The SMILES string of the molecule is O=C(O)c1ccc2c(c1)OCC[C@H]2C12C=CC=C(Cl)C1C(=O)NC2. The van der Waals surface area contributed by atoms with Crippen LogP contribution in [0.1, 0.15) is 28.3 Å². The Morgan fingerprint density at radius 3 is 3.04 bits per heavy atom. The van der Waals surface area contributed by atoms with Crippen molar-refractivity contribution in [3.63, 3.8) is 0 Å². The van der Waals surface area contributed by atoms with Gasteiger partial charge in [-0.1, -0.05) is 29.8 Å². The summed E-state index contributed by atoms with van der Waals surface area (Å²) in [5, 5.41) is 12.7. The van der Waals surface area contributed by atoms with Crippen molar-refractivity contribution in [2.75, 3.05) is 13.2 Å². The molecule has 0 bridgehead atoms. The van der Waals surface area contributed by atoms with Gasteiger partial charge in [0.15, 0.2) is 0 Å². The number of carbonyl (C=O) groups excluding carboxylic acids is 1. The maximum absolute atomic E-state index is 12.3. The largest absolute Gasteiger partial charge is 0.493 e. The van der Waals surface area contributed by atoms with Crippen LogP contribution in [-0.2, 0) is 4.79 Å². The Labute approximate surface area is 143 Å². The molecule has 3 atom stereocenters. The van der Waals surface area contributed by atoms with E-state index in [1.165, 1.54) is 0 Å². The van der Waals surface area contributed by atoms with Crippen LogP contribution >= 0.6 is 11.6 Å². The molecule has 1 amide bonds. The molecule has 124 valence electrons. The van der Waals surface area contributed by atoms with E-state index in [2.05, 4.69) is 11.4 Å². The Kier molecular flexibility index (Phi) is 3.42. The molecular weight excluding hydrogens is 330 g/mol. The molecule has 2 aliphatic heterocycles. The van der Waals surface area contributed by atoms with Crippen LogP contribution in [0.4, 0.5) is 0 Å². The van der Waals surface area contributed by atoms with Crippen LogP contribution in [0.25, 0.3) is 0 Å². The first-order valence-electron chi connectivity index (χ1n) is 7.85. The molecule has 3 aliphatic rings. The highest BCUT2D eigenvalue weighted by Gasteiger charge is 2.55. The molecule has 1 saturated heterocycles. The number of carboxylic acids is 1. The number of allylic oxidation sites excluding steroid dienone is 2. The fourth-order valence-corrected chi connectivity index (χ4v) is 4.54. The van der Waals surface area contributed by atoms with Crippen LogP contribution in [-0.4, -0.2) is 30.1 Å². The summed E-state index contributed by atoms with van der Waals surface area (Å²) in [5.74, 6) is -0.833. The summed E-state index contributed by atoms with van der Waals surface area (Å²) >= 11 is 6.36. The number of hydrogen-bond acceptors (Lipinski definition) is 3. The van der Waals surface area contributed by atoms with Gasteiger partial charge in [0.05, 0.1) is 18.1 Å². The minimum absolute atomic E-state index is 0.0340. The van der Waals surface area contributed by atoms with Crippen molar-refractivity contribution in [3.8, 4) is 5.75 Å². The van der Waals surface area contributed by atoms with Gasteiger partial charge in [-0.25, -0.2) is 4.79 Å². The van der Waals surface area contributed by atoms with Crippen molar-refractivity contribution in [2.45, 2.75) is 12.3 Å². The number of ether oxygens (including phenoxy) is 1. The molecule has 6 heteroatoms. The molecule has 2 heterocycles. The molecule has 5 nitrogen and oxygen atoms in total. The second-order valence-corrected chi connectivity index (χ2v) is 6.86. The molecule has 1 aromatic rings. The van der Waals surface area contributed by atoms with Gasteiger partial charge in [0.1, 0.15) is 5.75 Å². The number of carboxylic acid groups (broad SMARTS) is 1. The average molecular weight is 346 g/mol. The molecular formula is C18H16ClNO4. The highest BCUT2D eigenvalue weighted by Crippen LogP contribution is 2.55. The fraction of sp³-hybridized carbons (Fsp3) is 0.333. The number of amides is 1. The lowest BCUT2D eigenvalue weighted by Gasteiger charge is -2.42. The lowest BCUT2D eigenvalue weighted by Crippen LogP contribution is -2.39. The third-order valence-corrected chi connectivity index (χ3v) is 5.60. The Morgan fingerprint density at radius 1 is 1.42 bits per heavy atom. The first-order chi connectivity index (χ1) is 11.5. The Hall–Kier alpha value is -2.27. The van der Waals surface area contributed by atoms with Gasteiger partial charge < -0.3 is 15.2 Å². The van der Waals surface area contributed by atoms with Gasteiger partial charge in [0, 0.05) is 22.9 Å². The minimum atomic E-state index is -0.985. The second kappa shape index (κ2) is 5.38. The molecule has 0 spiro atoms. The number of nitrogens with one attached hydrogen (secondary N) is 1. The van der Waals surface area contributed by atoms with E-state index in [1.54, 1.807) is 24.3 Å². The van der Waals surface area contributed by atoms with E-state index in [-0.39, 0.29) is 17.4 Å². The Balaban J connectivity index is 1.81. The van der Waals surface area contributed by atoms with Crippen molar-refractivity contribution in [2.24, 2.45) is 11.3 Å². The van der Waals surface area contributed by atoms with Gasteiger partial charge in [0.2, 0.25) is 5.91 Å². The van der Waals surface area contributed by atoms with Crippen molar-refractivity contribution in [1.82, 2.24) is 5.32 Å². The number of hydrogen-bond donors (Lipinski definition) is 2. The first-order valence-corrected chi connectivity index (χ1v) is 8.23. The quantitative estimate of drug-likeness (QED) is 0.864. The number of fused-ring (bicyclic) bond motifs is 2. The smallest absolute Gasteiger partial charge is 0.335 e. The lowest BCUT2D eigenvalue weighted by atomic mass is 9.62. The van der Waals surface area contributed by atoms with Gasteiger partial charge >= 0.3 is 5.97 Å². The average Bonchev–Trinajstić information content (AvgIpc) is 2.93. The predicted molar refractivity (Wildman–Crippen MR) is 88.3 cm³/mol. The normalized spacial score (nSPS) is 30.7. The van der Waals surface area contributed by atoms with Gasteiger partial charge in [0.25, 0.3) is 0 Å². The van der Waals surface area contributed by atoms with Crippen LogP contribution in [0.3, 0.4) is 0 Å². The first kappa shape index (κ1) is 15.3. The van der Waals surface area contributed by atoms with Crippen molar-refractivity contribution in [3.05, 3.63) is 52.6 Å². The highest BCUT2D eigenvalue weighted by atomic mass is 35.5. The fourth-order valence-electron chi connectivity index (χ4n) is 4.16. The third kappa shape index (κ3) is 2.08. The van der Waals surface area contributed by atoms with Crippen LogP contribution in [0.2, 0.25) is 0 Å². The Morgan fingerprint density at radius 2 is 2.25 bits per heavy atom. The lowest BCUT2D eigenvalue weighted by molar-refractivity contribution is -0.122. The summed E-state index contributed by atoms with van der Waals surface area (Å²) in [4.78, 5) is 23.5. The monoisotopic (exact) mass is 345 g/mol. The van der Waals surface area contributed by atoms with Gasteiger partial charge in [-0.15, -0.1) is 0 Å². The van der Waals surface area contributed by atoms with Gasteiger partial charge in [-0.05, 0) is 30.2 Å². The number of rotatable bonds is 2. The molecule has 0 aromatic heterocycles. The topological polar surface area (TPSA) is 75.6 Å². The zero-order chi connectivity index (χ0) is 16.9. The summed E-state index contributed by atoms with van der Waals surface area (Å²) in [6.45, 7) is 1.00. The Bertz CT molecular complexity index is 800. The number of halogens is 1. The maximum atomic E-state index is 12.3. The van der Waals surface area contributed by atoms with E-state index < -0.39 is 17.3 Å². The maximum Gasteiger partial charge on any atom is 0.335 e. The number of benzene rings is 1. The van der Waals surface area contributed by atoms with Gasteiger partial charge in [-0.2, -0.15) is 0 Å². The molecule has 4 rings (SSSR count). The molecule has 2 unspecified atom stereocenters. The zero-order valence-electron chi connectivity index (χ0n) is 12.8. The summed E-state index contributed by atoms with van der Waals surface area (Å²) in [5.41, 5.74) is 0.691. The van der Waals surface area contributed by atoms with Crippen LogP contribution < -0.4 is 10.1 Å². The van der Waals surface area contributed by atoms with E-state index in [9.17, 15) is 14.7 Å². The molecule has 1 aliphatic carbocycles. The van der Waals surface area contributed by atoms with Crippen LogP contribution in [0.15, 0.2) is 41.5 Å². The second-order valence-electron chi connectivity index (χ2n) is 6.42. The highest BCUT2D eigenvalue weighted by molar-refractivity contribution is 6.32. The zero-order valence-corrected chi connectivity index (χ0v) is 13.5. The van der Waals surface area contributed by atoms with Crippen molar-refractivity contribution < 1.29 is 19.4 Å². The van der Waals surface area contributed by atoms with E-state index in [0.29, 0.717) is 23.9 Å². The molecule has 0 radical (unpaired) electrons. The number of aromatic carboxylic acids is 1. The van der Waals surface area contributed by atoms with E-state index in [1.807, 2.05) is 6.08 Å². The van der Waals surface area contributed by atoms with Gasteiger partial charge in [-0.3, -0.25) is 4.79 Å².